The van der Waals surface area contributed by atoms with Crippen LogP contribution in [0, 0.1) is 4.77 Å². The molecule has 0 aliphatic heterocycles. The average molecular weight is 306 g/mol. The van der Waals surface area contributed by atoms with Crippen LogP contribution in [-0.4, -0.2) is 39.4 Å². The van der Waals surface area contributed by atoms with Gasteiger partial charge in [0.25, 0.3) is 0 Å². The highest BCUT2D eigenvalue weighted by atomic mass is 32.1. The van der Waals surface area contributed by atoms with Gasteiger partial charge in [-0.3, -0.25) is 4.90 Å². The second-order valence-corrected chi connectivity index (χ2v) is 5.66. The fourth-order valence-electron chi connectivity index (χ4n) is 1.94. The Balaban J connectivity index is 1.82. The van der Waals surface area contributed by atoms with Crippen molar-refractivity contribution in [2.75, 3.05) is 20.2 Å². The van der Waals surface area contributed by atoms with E-state index in [-0.39, 0.29) is 0 Å². The van der Waals surface area contributed by atoms with Gasteiger partial charge >= 0.3 is 0 Å². The highest BCUT2D eigenvalue weighted by Gasteiger charge is 2.07. The van der Waals surface area contributed by atoms with Gasteiger partial charge in [0.15, 0.2) is 4.77 Å². The average Bonchev–Trinajstić information content (AvgIpc) is 2.81. The molecule has 0 unspecified atom stereocenters. The Labute approximate surface area is 130 Å². The summed E-state index contributed by atoms with van der Waals surface area (Å²) in [5.41, 5.74) is 0. The van der Waals surface area contributed by atoms with Gasteiger partial charge in [0.05, 0.1) is 6.67 Å². The van der Waals surface area contributed by atoms with E-state index in [1.165, 1.54) is 0 Å². The molecule has 1 aromatic carbocycles. The molecule has 0 radical (unpaired) electrons. The smallest absolute Gasteiger partial charge is 0.199 e. The van der Waals surface area contributed by atoms with Crippen molar-refractivity contribution in [1.29, 1.82) is 0 Å². The summed E-state index contributed by atoms with van der Waals surface area (Å²) in [6.45, 7) is 6.30. The molecule has 0 N–H and O–H groups in total. The number of hydrogen-bond donors (Lipinski definition) is 0. The lowest BCUT2D eigenvalue weighted by Crippen LogP contribution is -2.27. The fourth-order valence-corrected chi connectivity index (χ4v) is 2.30. The number of para-hydroxylation sites is 1. The molecular formula is C15H22N4OS. The molecule has 0 aliphatic carbocycles. The first-order chi connectivity index (χ1) is 10.1. The van der Waals surface area contributed by atoms with Crippen LogP contribution in [-0.2, 0) is 6.67 Å². The molecule has 114 valence electrons. The summed E-state index contributed by atoms with van der Waals surface area (Å²) in [6.07, 6.45) is 1.79. The predicted molar refractivity (Wildman–Crippen MR) is 86.0 cm³/mol. The monoisotopic (exact) mass is 306 g/mol. The van der Waals surface area contributed by atoms with Crippen molar-refractivity contribution >= 4 is 12.2 Å². The topological polar surface area (TPSA) is 35.2 Å². The molecule has 1 heterocycles. The molecular weight excluding hydrogens is 284 g/mol. The second kappa shape index (κ2) is 7.38. The third kappa shape index (κ3) is 4.41. The van der Waals surface area contributed by atoms with Gasteiger partial charge in [-0.25, -0.2) is 4.68 Å². The summed E-state index contributed by atoms with van der Waals surface area (Å²) >= 11 is 5.41. The number of likely N-dealkylation sites (N-methyl/N-ethyl adjacent to an activating group) is 1. The molecule has 6 heteroatoms. The maximum absolute atomic E-state index is 5.69. The summed E-state index contributed by atoms with van der Waals surface area (Å²) in [5, 5.41) is 4.34. The SMILES string of the molecule is CC(C)n1cnn(CN(C)CCOc2ccccc2)c1=S. The van der Waals surface area contributed by atoms with Crippen LogP contribution in [0.2, 0.25) is 0 Å². The van der Waals surface area contributed by atoms with E-state index in [9.17, 15) is 0 Å². The quantitative estimate of drug-likeness (QED) is 0.737. The molecule has 21 heavy (non-hydrogen) atoms. The van der Waals surface area contributed by atoms with Gasteiger partial charge in [-0.1, -0.05) is 18.2 Å². The summed E-state index contributed by atoms with van der Waals surface area (Å²) in [4.78, 5) is 2.14. The maximum Gasteiger partial charge on any atom is 0.199 e. The molecule has 0 amide bonds. The highest BCUT2D eigenvalue weighted by Crippen LogP contribution is 2.08. The van der Waals surface area contributed by atoms with Crippen LogP contribution >= 0.6 is 12.2 Å². The van der Waals surface area contributed by atoms with Gasteiger partial charge in [0, 0.05) is 12.6 Å². The molecule has 0 bridgehead atoms. The number of hydrogen-bond acceptors (Lipinski definition) is 4. The molecule has 0 aliphatic rings. The van der Waals surface area contributed by atoms with Crippen LogP contribution in [0.25, 0.3) is 0 Å². The van der Waals surface area contributed by atoms with E-state index >= 15 is 0 Å². The lowest BCUT2D eigenvalue weighted by molar-refractivity contribution is 0.197. The Hall–Kier alpha value is -1.66. The van der Waals surface area contributed by atoms with E-state index in [0.717, 1.165) is 17.1 Å². The lowest BCUT2D eigenvalue weighted by Gasteiger charge is -2.17. The predicted octanol–water partition coefficient (Wildman–Crippen LogP) is 2.96. The molecule has 1 aromatic heterocycles. The van der Waals surface area contributed by atoms with Crippen molar-refractivity contribution in [2.45, 2.75) is 26.6 Å². The van der Waals surface area contributed by atoms with Gasteiger partial charge in [-0.2, -0.15) is 5.10 Å². The van der Waals surface area contributed by atoms with Crippen molar-refractivity contribution in [3.05, 3.63) is 41.4 Å². The molecule has 2 aromatic rings. The number of benzene rings is 1. The zero-order chi connectivity index (χ0) is 15.2. The minimum Gasteiger partial charge on any atom is -0.492 e. The van der Waals surface area contributed by atoms with Crippen molar-refractivity contribution in [3.63, 3.8) is 0 Å². The molecule has 0 saturated carbocycles. The van der Waals surface area contributed by atoms with E-state index in [4.69, 9.17) is 17.0 Å². The standard InChI is InChI=1S/C15H22N4OS/c1-13(2)18-11-16-19(15(18)21)12-17(3)9-10-20-14-7-5-4-6-8-14/h4-8,11,13H,9-10,12H2,1-3H3. The van der Waals surface area contributed by atoms with E-state index < -0.39 is 0 Å². The third-order valence-corrected chi connectivity index (χ3v) is 3.60. The van der Waals surface area contributed by atoms with E-state index in [0.29, 0.717) is 19.3 Å². The van der Waals surface area contributed by atoms with Crippen LogP contribution in [0.15, 0.2) is 36.7 Å². The molecule has 0 fully saturated rings. The Morgan fingerprint density at radius 3 is 2.62 bits per heavy atom. The van der Waals surface area contributed by atoms with Crippen LogP contribution in [0.4, 0.5) is 0 Å². The van der Waals surface area contributed by atoms with Gasteiger partial charge < -0.3 is 9.30 Å². The summed E-state index contributed by atoms with van der Waals surface area (Å²) in [6, 6.07) is 10.2. The number of ether oxygens (including phenoxy) is 1. The normalized spacial score (nSPS) is 11.3. The minimum absolute atomic E-state index is 0.331. The molecule has 0 atom stereocenters. The first-order valence-corrected chi connectivity index (χ1v) is 7.49. The lowest BCUT2D eigenvalue weighted by atomic mass is 10.3. The van der Waals surface area contributed by atoms with Crippen LogP contribution < -0.4 is 4.74 Å². The number of aromatic nitrogens is 3. The Morgan fingerprint density at radius 2 is 2.00 bits per heavy atom. The molecule has 0 saturated heterocycles. The van der Waals surface area contributed by atoms with Crippen molar-refractivity contribution in [2.24, 2.45) is 0 Å². The zero-order valence-electron chi connectivity index (χ0n) is 12.8. The van der Waals surface area contributed by atoms with Crippen molar-refractivity contribution in [1.82, 2.24) is 19.2 Å². The van der Waals surface area contributed by atoms with Crippen molar-refractivity contribution < 1.29 is 4.74 Å². The third-order valence-electron chi connectivity index (χ3n) is 3.17. The first-order valence-electron chi connectivity index (χ1n) is 7.08. The first kappa shape index (κ1) is 15.7. The van der Waals surface area contributed by atoms with E-state index in [2.05, 4.69) is 23.8 Å². The van der Waals surface area contributed by atoms with E-state index in [1.54, 1.807) is 6.33 Å². The number of nitrogens with zero attached hydrogens (tertiary/aromatic N) is 4. The summed E-state index contributed by atoms with van der Waals surface area (Å²) in [5.74, 6) is 0.895. The molecule has 2 rings (SSSR count). The Kier molecular flexibility index (Phi) is 5.52. The van der Waals surface area contributed by atoms with Crippen LogP contribution in [0.5, 0.6) is 5.75 Å². The largest absolute Gasteiger partial charge is 0.492 e. The maximum atomic E-state index is 5.69. The fraction of sp³-hybridized carbons (Fsp3) is 0.467. The van der Waals surface area contributed by atoms with E-state index in [1.807, 2.05) is 46.6 Å². The minimum atomic E-state index is 0.331. The van der Waals surface area contributed by atoms with Crippen LogP contribution in [0.3, 0.4) is 0 Å². The Morgan fingerprint density at radius 1 is 1.29 bits per heavy atom. The number of rotatable bonds is 7. The van der Waals surface area contributed by atoms with Gasteiger partial charge in [-0.15, -0.1) is 0 Å². The summed E-state index contributed by atoms with van der Waals surface area (Å²) in [7, 11) is 2.03. The second-order valence-electron chi connectivity index (χ2n) is 5.30. The van der Waals surface area contributed by atoms with Crippen molar-refractivity contribution in [3.8, 4) is 5.75 Å². The highest BCUT2D eigenvalue weighted by molar-refractivity contribution is 7.71. The van der Waals surface area contributed by atoms with Crippen LogP contribution in [0.1, 0.15) is 19.9 Å². The Bertz CT molecular complexity index is 606. The van der Waals surface area contributed by atoms with Gasteiger partial charge in [-0.05, 0) is 45.2 Å². The zero-order valence-corrected chi connectivity index (χ0v) is 13.6. The molecule has 5 nitrogen and oxygen atoms in total. The molecule has 0 spiro atoms. The van der Waals surface area contributed by atoms with Gasteiger partial charge in [0.1, 0.15) is 18.7 Å². The van der Waals surface area contributed by atoms with Gasteiger partial charge in [0.2, 0.25) is 0 Å². The summed E-state index contributed by atoms with van der Waals surface area (Å²) < 4.78 is 10.3.